The van der Waals surface area contributed by atoms with E-state index in [1.165, 1.54) is 42.5 Å². The van der Waals surface area contributed by atoms with Crippen LogP contribution in [0.1, 0.15) is 5.56 Å². The van der Waals surface area contributed by atoms with E-state index in [1.807, 2.05) is 5.32 Å². The number of carbonyl (C=O) groups excluding carboxylic acids is 1. The second-order valence-corrected chi connectivity index (χ2v) is 8.65. The van der Waals surface area contributed by atoms with Gasteiger partial charge >= 0.3 is 5.92 Å². The predicted molar refractivity (Wildman–Crippen MR) is 113 cm³/mol. The number of benzene rings is 3. The number of sulfonamides is 1. The van der Waals surface area contributed by atoms with Gasteiger partial charge in [-0.05, 0) is 42.5 Å². The van der Waals surface area contributed by atoms with Crippen molar-refractivity contribution in [2.75, 3.05) is 5.32 Å². The summed E-state index contributed by atoms with van der Waals surface area (Å²) in [4.78, 5) is 11.7. The molecule has 31 heavy (non-hydrogen) atoms. The number of amides is 1. The van der Waals surface area contributed by atoms with Gasteiger partial charge in [-0.2, -0.15) is 8.78 Å². The highest BCUT2D eigenvalue weighted by molar-refractivity contribution is 7.89. The van der Waals surface area contributed by atoms with E-state index in [9.17, 15) is 22.0 Å². The first kappa shape index (κ1) is 23.0. The van der Waals surface area contributed by atoms with Gasteiger partial charge in [-0.3, -0.25) is 4.79 Å². The third-order valence-corrected chi connectivity index (χ3v) is 5.53. The van der Waals surface area contributed by atoms with Crippen LogP contribution in [0.3, 0.4) is 0 Å². The molecule has 162 valence electrons. The Morgan fingerprint density at radius 1 is 1.00 bits per heavy atom. The second-order valence-electron chi connectivity index (χ2n) is 6.27. The fourth-order valence-electron chi connectivity index (χ4n) is 2.60. The Balaban J connectivity index is 1.92. The molecular weight excluding hydrogens is 473 g/mol. The highest BCUT2D eigenvalue weighted by atomic mass is 35.5. The van der Waals surface area contributed by atoms with Crippen LogP contribution in [0.5, 0.6) is 11.5 Å². The summed E-state index contributed by atoms with van der Waals surface area (Å²) in [5.41, 5.74) is -0.930. The number of halogens is 4. The molecule has 0 aliphatic rings. The van der Waals surface area contributed by atoms with E-state index in [1.54, 1.807) is 12.1 Å². The standard InChI is InChI=1S/C20H14Cl2F2N2O4S/c21-12-4-3-5-14(10-12)30-17-9-8-13(11-18(17)31(25,28)29)26-19(27)20(23,24)15-6-1-2-7-16(15)22/h1-11H,(H,26,27)(H2,25,28,29). The average molecular weight is 487 g/mol. The number of primary sulfonamides is 1. The summed E-state index contributed by atoms with van der Waals surface area (Å²) in [6, 6.07) is 14.4. The van der Waals surface area contributed by atoms with Gasteiger partial charge in [-0.15, -0.1) is 0 Å². The first-order chi connectivity index (χ1) is 14.5. The van der Waals surface area contributed by atoms with E-state index >= 15 is 0 Å². The van der Waals surface area contributed by atoms with E-state index in [2.05, 4.69) is 0 Å². The van der Waals surface area contributed by atoms with E-state index in [0.29, 0.717) is 5.02 Å². The van der Waals surface area contributed by atoms with Gasteiger partial charge in [-0.1, -0.05) is 47.5 Å². The van der Waals surface area contributed by atoms with Crippen molar-refractivity contribution in [3.8, 4) is 11.5 Å². The Labute approximate surface area is 186 Å². The van der Waals surface area contributed by atoms with Gasteiger partial charge in [0.25, 0.3) is 5.91 Å². The number of hydrogen-bond acceptors (Lipinski definition) is 4. The van der Waals surface area contributed by atoms with Crippen molar-refractivity contribution in [2.24, 2.45) is 5.14 Å². The van der Waals surface area contributed by atoms with E-state index < -0.39 is 32.3 Å². The zero-order valence-corrected chi connectivity index (χ0v) is 17.8. The molecular formula is C20H14Cl2F2N2O4S. The van der Waals surface area contributed by atoms with Crippen molar-refractivity contribution in [3.05, 3.63) is 82.3 Å². The van der Waals surface area contributed by atoms with Crippen LogP contribution in [-0.4, -0.2) is 14.3 Å². The van der Waals surface area contributed by atoms with Gasteiger partial charge in [0.1, 0.15) is 16.4 Å². The smallest absolute Gasteiger partial charge is 0.351 e. The van der Waals surface area contributed by atoms with Crippen molar-refractivity contribution in [1.82, 2.24) is 0 Å². The number of anilines is 1. The topological polar surface area (TPSA) is 98.5 Å². The number of ether oxygens (including phenoxy) is 1. The second kappa shape index (κ2) is 8.80. The van der Waals surface area contributed by atoms with Gasteiger partial charge in [0, 0.05) is 16.3 Å². The van der Waals surface area contributed by atoms with Gasteiger partial charge in [0.05, 0.1) is 5.02 Å². The molecule has 0 heterocycles. The van der Waals surface area contributed by atoms with Crippen LogP contribution >= 0.6 is 23.2 Å². The maximum Gasteiger partial charge on any atom is 0.351 e. The Hall–Kier alpha value is -2.72. The highest BCUT2D eigenvalue weighted by Gasteiger charge is 2.42. The van der Waals surface area contributed by atoms with E-state index in [-0.39, 0.29) is 22.2 Å². The molecule has 3 aromatic rings. The first-order valence-corrected chi connectivity index (χ1v) is 10.8. The molecule has 0 radical (unpaired) electrons. The summed E-state index contributed by atoms with van der Waals surface area (Å²) >= 11 is 11.6. The number of nitrogens with one attached hydrogen (secondary N) is 1. The molecule has 1 amide bonds. The summed E-state index contributed by atoms with van der Waals surface area (Å²) in [6.07, 6.45) is 0. The molecule has 11 heteroatoms. The number of carbonyl (C=O) groups is 1. The fourth-order valence-corrected chi connectivity index (χ4v) is 3.71. The predicted octanol–water partition coefficient (Wildman–Crippen LogP) is 5.16. The van der Waals surface area contributed by atoms with Crippen molar-refractivity contribution in [3.63, 3.8) is 0 Å². The molecule has 0 aromatic heterocycles. The van der Waals surface area contributed by atoms with Gasteiger partial charge in [0.15, 0.2) is 0 Å². The van der Waals surface area contributed by atoms with Crippen molar-refractivity contribution >= 4 is 44.8 Å². The third-order valence-electron chi connectivity index (χ3n) is 4.03. The minimum absolute atomic E-state index is 0.180. The molecule has 0 fully saturated rings. The molecule has 0 spiro atoms. The zero-order chi connectivity index (χ0) is 22.8. The Morgan fingerprint density at radius 2 is 1.71 bits per heavy atom. The van der Waals surface area contributed by atoms with Crippen molar-refractivity contribution < 1.29 is 26.7 Å². The van der Waals surface area contributed by atoms with Gasteiger partial charge in [0.2, 0.25) is 10.0 Å². The number of hydrogen-bond donors (Lipinski definition) is 2. The van der Waals surface area contributed by atoms with Crippen LogP contribution in [0, 0.1) is 0 Å². The van der Waals surface area contributed by atoms with Crippen molar-refractivity contribution in [2.45, 2.75) is 10.8 Å². The lowest BCUT2D eigenvalue weighted by Gasteiger charge is -2.18. The minimum Gasteiger partial charge on any atom is -0.456 e. The number of alkyl halides is 2. The highest BCUT2D eigenvalue weighted by Crippen LogP contribution is 2.36. The van der Waals surface area contributed by atoms with Crippen LogP contribution in [0.25, 0.3) is 0 Å². The lowest BCUT2D eigenvalue weighted by Crippen LogP contribution is -2.32. The lowest BCUT2D eigenvalue weighted by molar-refractivity contribution is -0.140. The van der Waals surface area contributed by atoms with E-state index in [0.717, 1.165) is 12.1 Å². The maximum atomic E-state index is 14.6. The Morgan fingerprint density at radius 3 is 2.35 bits per heavy atom. The van der Waals surface area contributed by atoms with Crippen LogP contribution in [0.15, 0.2) is 71.6 Å². The molecule has 0 bridgehead atoms. The molecule has 3 N–H and O–H groups in total. The number of nitrogens with two attached hydrogens (primary N) is 1. The largest absolute Gasteiger partial charge is 0.456 e. The molecule has 0 unspecified atom stereocenters. The van der Waals surface area contributed by atoms with Gasteiger partial charge in [-0.25, -0.2) is 13.6 Å². The Bertz CT molecular complexity index is 1250. The van der Waals surface area contributed by atoms with Crippen LogP contribution in [0.4, 0.5) is 14.5 Å². The summed E-state index contributed by atoms with van der Waals surface area (Å²) in [5, 5.41) is 7.26. The third kappa shape index (κ3) is 5.31. The molecule has 0 aliphatic heterocycles. The normalized spacial score (nSPS) is 11.8. The zero-order valence-electron chi connectivity index (χ0n) is 15.5. The summed E-state index contributed by atoms with van der Waals surface area (Å²) < 4.78 is 58.6. The number of rotatable bonds is 6. The molecule has 0 saturated carbocycles. The molecule has 3 aromatic carbocycles. The van der Waals surface area contributed by atoms with Crippen LogP contribution in [0.2, 0.25) is 10.0 Å². The fraction of sp³-hybridized carbons (Fsp3) is 0.0500. The molecule has 6 nitrogen and oxygen atoms in total. The molecule has 3 rings (SSSR count). The maximum absolute atomic E-state index is 14.6. The van der Waals surface area contributed by atoms with E-state index in [4.69, 9.17) is 33.1 Å². The lowest BCUT2D eigenvalue weighted by atomic mass is 10.1. The summed E-state index contributed by atoms with van der Waals surface area (Å²) in [6.45, 7) is 0. The quantitative estimate of drug-likeness (QED) is 0.502. The molecule has 0 atom stereocenters. The van der Waals surface area contributed by atoms with Gasteiger partial charge < -0.3 is 10.1 Å². The monoisotopic (exact) mass is 486 g/mol. The first-order valence-electron chi connectivity index (χ1n) is 8.53. The average Bonchev–Trinajstić information content (AvgIpc) is 2.68. The van der Waals surface area contributed by atoms with Crippen LogP contribution in [-0.2, 0) is 20.7 Å². The summed E-state index contributed by atoms with van der Waals surface area (Å²) in [7, 11) is -4.33. The van der Waals surface area contributed by atoms with Crippen molar-refractivity contribution in [1.29, 1.82) is 0 Å². The molecule has 0 saturated heterocycles. The SMILES string of the molecule is NS(=O)(=O)c1cc(NC(=O)C(F)(F)c2ccccc2Cl)ccc1Oc1cccc(Cl)c1. The van der Waals surface area contributed by atoms with Crippen LogP contribution < -0.4 is 15.2 Å². The molecule has 0 aliphatic carbocycles. The Kier molecular flexibility index (Phi) is 6.51. The summed E-state index contributed by atoms with van der Waals surface area (Å²) in [5.74, 6) is -5.64. The minimum atomic E-state index is -4.33.